The Labute approximate surface area is 168 Å². The van der Waals surface area contributed by atoms with Crippen molar-refractivity contribution in [3.8, 4) is 0 Å². The van der Waals surface area contributed by atoms with Crippen molar-refractivity contribution in [1.82, 2.24) is 10.7 Å². The lowest BCUT2D eigenvalue weighted by molar-refractivity contribution is -0.125. The minimum atomic E-state index is -0.280. The Balaban J connectivity index is 1.31. The zero-order valence-electron chi connectivity index (χ0n) is 15.6. The lowest BCUT2D eigenvalue weighted by Gasteiger charge is -2.56. The van der Waals surface area contributed by atoms with Gasteiger partial charge in [-0.2, -0.15) is 5.10 Å². The number of rotatable bonds is 5. The molecule has 27 heavy (non-hydrogen) atoms. The van der Waals surface area contributed by atoms with Crippen LogP contribution in [-0.2, 0) is 4.79 Å². The molecule has 4 aliphatic rings. The Hall–Kier alpha value is -1.69. The van der Waals surface area contributed by atoms with Gasteiger partial charge in [-0.3, -0.25) is 9.59 Å². The zero-order valence-corrected chi connectivity index (χ0v) is 17.2. The van der Waals surface area contributed by atoms with E-state index in [4.69, 9.17) is 0 Å². The fourth-order valence-corrected chi connectivity index (χ4v) is 6.12. The number of nitrogens with zero attached hydrogens (tertiary/aromatic N) is 1. The fourth-order valence-electron chi connectivity index (χ4n) is 5.72. The summed E-state index contributed by atoms with van der Waals surface area (Å²) >= 11 is 3.35. The summed E-state index contributed by atoms with van der Waals surface area (Å²) in [6.07, 6.45) is 7.72. The highest BCUT2D eigenvalue weighted by Gasteiger charge is 2.51. The van der Waals surface area contributed by atoms with Gasteiger partial charge in [-0.15, -0.1) is 0 Å². The first-order valence-electron chi connectivity index (χ1n) is 9.81. The van der Waals surface area contributed by atoms with E-state index in [0.717, 1.165) is 41.5 Å². The standard InChI is InChI=1S/C21H26BrN3O2/c1-13(24-25-20(27)17-3-2-4-18(22)9-17)5-19(26)23-21-10-14-6-15(11-21)8-16(7-14)12-21/h2-4,9,14-16H,5-8,10-12H2,1H3,(H,23,26)(H,25,27)/b24-13+. The molecular weight excluding hydrogens is 406 g/mol. The lowest BCUT2D eigenvalue weighted by Crippen LogP contribution is -2.60. The van der Waals surface area contributed by atoms with Gasteiger partial charge in [0.15, 0.2) is 0 Å². The van der Waals surface area contributed by atoms with E-state index in [9.17, 15) is 9.59 Å². The van der Waals surface area contributed by atoms with Gasteiger partial charge in [0.05, 0.1) is 6.42 Å². The third kappa shape index (κ3) is 4.26. The van der Waals surface area contributed by atoms with Crippen LogP contribution in [0.4, 0.5) is 0 Å². The van der Waals surface area contributed by atoms with Crippen molar-refractivity contribution in [3.63, 3.8) is 0 Å². The maximum Gasteiger partial charge on any atom is 0.271 e. The van der Waals surface area contributed by atoms with Crippen molar-refractivity contribution >= 4 is 33.5 Å². The minimum absolute atomic E-state index is 0.0195. The molecule has 5 rings (SSSR count). The molecule has 4 aliphatic carbocycles. The highest BCUT2D eigenvalue weighted by Crippen LogP contribution is 2.55. The van der Waals surface area contributed by atoms with Crippen LogP contribution in [0.25, 0.3) is 0 Å². The summed E-state index contributed by atoms with van der Waals surface area (Å²) in [5, 5.41) is 7.45. The number of carbonyl (C=O) groups is 2. The van der Waals surface area contributed by atoms with E-state index in [1.54, 1.807) is 25.1 Å². The molecule has 2 amide bonds. The zero-order chi connectivity index (χ0) is 19.0. The third-order valence-electron chi connectivity index (χ3n) is 6.29. The summed E-state index contributed by atoms with van der Waals surface area (Å²) in [5.41, 5.74) is 3.70. The Bertz CT molecular complexity index is 754. The molecule has 0 aliphatic heterocycles. The Morgan fingerprint density at radius 3 is 2.37 bits per heavy atom. The molecule has 4 saturated carbocycles. The van der Waals surface area contributed by atoms with Crippen LogP contribution < -0.4 is 10.7 Å². The summed E-state index contributed by atoms with van der Waals surface area (Å²) in [5.74, 6) is 2.15. The van der Waals surface area contributed by atoms with E-state index in [-0.39, 0.29) is 23.8 Å². The van der Waals surface area contributed by atoms with Gasteiger partial charge in [-0.1, -0.05) is 22.0 Å². The molecule has 0 spiro atoms. The number of amides is 2. The van der Waals surface area contributed by atoms with Crippen molar-refractivity contribution in [2.45, 2.75) is 57.4 Å². The van der Waals surface area contributed by atoms with E-state index in [2.05, 4.69) is 31.8 Å². The molecule has 2 N–H and O–H groups in total. The molecule has 0 radical (unpaired) electrons. The number of hydrazone groups is 1. The summed E-state index contributed by atoms with van der Waals surface area (Å²) in [6.45, 7) is 1.78. The van der Waals surface area contributed by atoms with Crippen molar-refractivity contribution in [2.75, 3.05) is 0 Å². The molecule has 5 nitrogen and oxygen atoms in total. The number of carbonyl (C=O) groups excluding carboxylic acids is 2. The van der Waals surface area contributed by atoms with Gasteiger partial charge in [0.2, 0.25) is 5.91 Å². The molecule has 0 unspecified atom stereocenters. The van der Waals surface area contributed by atoms with Gasteiger partial charge in [-0.25, -0.2) is 5.43 Å². The summed E-state index contributed by atoms with van der Waals surface area (Å²) in [4.78, 5) is 24.7. The lowest BCUT2D eigenvalue weighted by atomic mass is 9.53. The molecular formula is C21H26BrN3O2. The van der Waals surface area contributed by atoms with Crippen molar-refractivity contribution in [3.05, 3.63) is 34.3 Å². The molecule has 0 atom stereocenters. The van der Waals surface area contributed by atoms with Crippen molar-refractivity contribution < 1.29 is 9.59 Å². The average Bonchev–Trinajstić information content (AvgIpc) is 2.57. The van der Waals surface area contributed by atoms with Crippen molar-refractivity contribution in [1.29, 1.82) is 0 Å². The van der Waals surface area contributed by atoms with Gasteiger partial charge >= 0.3 is 0 Å². The smallest absolute Gasteiger partial charge is 0.271 e. The predicted octanol–water partition coefficient (Wildman–Crippen LogP) is 4.03. The van der Waals surface area contributed by atoms with Crippen LogP contribution in [0.2, 0.25) is 0 Å². The van der Waals surface area contributed by atoms with Crippen LogP contribution in [-0.4, -0.2) is 23.1 Å². The topological polar surface area (TPSA) is 70.6 Å². The Kier molecular flexibility index (Phi) is 5.10. The maximum absolute atomic E-state index is 12.6. The molecule has 144 valence electrons. The molecule has 0 heterocycles. The Morgan fingerprint density at radius 2 is 1.78 bits per heavy atom. The Morgan fingerprint density at radius 1 is 1.15 bits per heavy atom. The SMILES string of the molecule is C/C(CC(=O)NC12CC3CC(CC(C3)C1)C2)=N\NC(=O)c1cccc(Br)c1. The van der Waals surface area contributed by atoms with E-state index in [0.29, 0.717) is 11.3 Å². The van der Waals surface area contributed by atoms with Crippen LogP contribution in [0.3, 0.4) is 0 Å². The van der Waals surface area contributed by atoms with Gasteiger partial charge in [0.25, 0.3) is 5.91 Å². The van der Waals surface area contributed by atoms with Crippen LogP contribution in [0.15, 0.2) is 33.8 Å². The third-order valence-corrected chi connectivity index (χ3v) is 6.79. The monoisotopic (exact) mass is 431 g/mol. The molecule has 1 aromatic rings. The maximum atomic E-state index is 12.6. The second-order valence-corrected chi connectivity index (χ2v) is 9.64. The summed E-state index contributed by atoms with van der Waals surface area (Å²) < 4.78 is 0.839. The van der Waals surface area contributed by atoms with Gasteiger partial charge in [0, 0.05) is 21.3 Å². The van der Waals surface area contributed by atoms with Gasteiger partial charge in [-0.05, 0) is 81.4 Å². The summed E-state index contributed by atoms with van der Waals surface area (Å²) in [6, 6.07) is 7.12. The van der Waals surface area contributed by atoms with Crippen molar-refractivity contribution in [2.24, 2.45) is 22.9 Å². The number of nitrogens with one attached hydrogen (secondary N) is 2. The van der Waals surface area contributed by atoms with E-state index in [1.807, 2.05) is 6.07 Å². The highest BCUT2D eigenvalue weighted by molar-refractivity contribution is 9.10. The first-order chi connectivity index (χ1) is 12.9. The molecule has 4 fully saturated rings. The highest BCUT2D eigenvalue weighted by atomic mass is 79.9. The van der Waals surface area contributed by atoms with Crippen LogP contribution in [0.5, 0.6) is 0 Å². The minimum Gasteiger partial charge on any atom is -0.350 e. The first-order valence-corrected chi connectivity index (χ1v) is 10.6. The number of hydrogen-bond donors (Lipinski definition) is 2. The predicted molar refractivity (Wildman–Crippen MR) is 108 cm³/mol. The van der Waals surface area contributed by atoms with E-state index < -0.39 is 0 Å². The number of halogens is 1. The van der Waals surface area contributed by atoms with Crippen LogP contribution in [0.1, 0.15) is 62.2 Å². The van der Waals surface area contributed by atoms with Gasteiger partial charge in [0.1, 0.15) is 0 Å². The molecule has 1 aromatic carbocycles. The second kappa shape index (κ2) is 7.38. The van der Waals surface area contributed by atoms with Crippen LogP contribution in [0, 0.1) is 17.8 Å². The average molecular weight is 432 g/mol. The molecule has 6 heteroatoms. The quantitative estimate of drug-likeness (QED) is 0.545. The molecule has 4 bridgehead atoms. The van der Waals surface area contributed by atoms with E-state index >= 15 is 0 Å². The van der Waals surface area contributed by atoms with Gasteiger partial charge < -0.3 is 5.32 Å². The number of hydrogen-bond acceptors (Lipinski definition) is 3. The summed E-state index contributed by atoms with van der Waals surface area (Å²) in [7, 11) is 0. The largest absolute Gasteiger partial charge is 0.350 e. The molecule has 0 aromatic heterocycles. The second-order valence-electron chi connectivity index (χ2n) is 8.72. The molecule has 0 saturated heterocycles. The first kappa shape index (κ1) is 18.7. The number of benzene rings is 1. The van der Waals surface area contributed by atoms with E-state index in [1.165, 1.54) is 19.3 Å². The van der Waals surface area contributed by atoms with Crippen LogP contribution >= 0.6 is 15.9 Å². The normalized spacial score (nSPS) is 31.6. The fraction of sp³-hybridized carbons (Fsp3) is 0.571.